The number of ether oxygens (including phenoxy) is 1. The van der Waals surface area contributed by atoms with Crippen molar-refractivity contribution >= 4 is 28.7 Å². The Kier molecular flexibility index (Phi) is 6.59. The molecule has 1 aliphatic rings. The van der Waals surface area contributed by atoms with Crippen LogP contribution in [0.15, 0.2) is 18.2 Å². The molecular formula is C15H19F3N4O3S. The van der Waals surface area contributed by atoms with Gasteiger partial charge in [0.2, 0.25) is 0 Å². The fourth-order valence-corrected chi connectivity index (χ4v) is 2.92. The molecule has 0 amide bonds. The van der Waals surface area contributed by atoms with Crippen LogP contribution < -0.4 is 10.2 Å². The molecule has 1 aromatic rings. The van der Waals surface area contributed by atoms with Crippen molar-refractivity contribution in [3.05, 3.63) is 33.9 Å². The van der Waals surface area contributed by atoms with E-state index in [9.17, 15) is 23.3 Å². The van der Waals surface area contributed by atoms with Crippen molar-refractivity contribution in [3.8, 4) is 0 Å². The zero-order valence-electron chi connectivity index (χ0n) is 14.1. The summed E-state index contributed by atoms with van der Waals surface area (Å²) in [5, 5.41) is 14.8. The zero-order valence-corrected chi connectivity index (χ0v) is 14.9. The summed E-state index contributed by atoms with van der Waals surface area (Å²) in [6.07, 6.45) is -4.62. The van der Waals surface area contributed by atoms with E-state index >= 15 is 0 Å². The third kappa shape index (κ3) is 4.94. The minimum atomic E-state index is -4.62. The number of hydrogen-bond donors (Lipinski definition) is 1. The van der Waals surface area contributed by atoms with Crippen LogP contribution in [0.4, 0.5) is 24.5 Å². The highest BCUT2D eigenvalue weighted by atomic mass is 32.1. The molecule has 0 spiro atoms. The molecular weight excluding hydrogens is 373 g/mol. The molecule has 1 heterocycles. The number of halogens is 3. The second kappa shape index (κ2) is 8.49. The molecule has 7 nitrogen and oxygen atoms in total. The van der Waals surface area contributed by atoms with Crippen LogP contribution in [0.5, 0.6) is 0 Å². The van der Waals surface area contributed by atoms with E-state index < -0.39 is 22.4 Å². The number of nitrogens with one attached hydrogen (secondary N) is 1. The molecule has 1 N–H and O–H groups in total. The first kappa shape index (κ1) is 20.2. The van der Waals surface area contributed by atoms with Crippen LogP contribution >= 0.6 is 12.2 Å². The molecule has 1 aromatic carbocycles. The van der Waals surface area contributed by atoms with Crippen molar-refractivity contribution in [3.63, 3.8) is 0 Å². The Labute approximate surface area is 153 Å². The molecule has 0 unspecified atom stereocenters. The summed E-state index contributed by atoms with van der Waals surface area (Å²) in [6.45, 7) is 2.93. The minimum absolute atomic E-state index is 0.181. The number of nitro benzene ring substituents is 1. The van der Waals surface area contributed by atoms with E-state index in [2.05, 4.69) is 5.32 Å². The maximum Gasteiger partial charge on any atom is 0.416 e. The van der Waals surface area contributed by atoms with Crippen LogP contribution in [-0.2, 0) is 10.9 Å². The van der Waals surface area contributed by atoms with Gasteiger partial charge >= 0.3 is 6.18 Å². The van der Waals surface area contributed by atoms with Gasteiger partial charge in [0.05, 0.1) is 17.1 Å². The van der Waals surface area contributed by atoms with Crippen molar-refractivity contribution in [2.45, 2.75) is 6.18 Å². The molecule has 11 heteroatoms. The molecule has 0 saturated carbocycles. The molecule has 1 saturated heterocycles. The quantitative estimate of drug-likeness (QED) is 0.357. The number of rotatable bonds is 5. The molecule has 0 aromatic heterocycles. The van der Waals surface area contributed by atoms with E-state index in [0.29, 0.717) is 50.5 Å². The van der Waals surface area contributed by atoms with Gasteiger partial charge in [0.25, 0.3) is 5.69 Å². The van der Waals surface area contributed by atoms with E-state index in [4.69, 9.17) is 17.0 Å². The van der Waals surface area contributed by atoms with Gasteiger partial charge in [-0.25, -0.2) is 0 Å². The third-order valence-corrected chi connectivity index (χ3v) is 4.39. The Hall–Kier alpha value is -2.14. The van der Waals surface area contributed by atoms with Crippen molar-refractivity contribution in [2.24, 2.45) is 0 Å². The second-order valence-corrected chi connectivity index (χ2v) is 6.04. The Morgan fingerprint density at radius 2 is 2.00 bits per heavy atom. The van der Waals surface area contributed by atoms with Crippen LogP contribution in [0.1, 0.15) is 5.56 Å². The average Bonchev–Trinajstić information content (AvgIpc) is 2.60. The van der Waals surface area contributed by atoms with Gasteiger partial charge in [0, 0.05) is 45.9 Å². The Morgan fingerprint density at radius 1 is 1.35 bits per heavy atom. The lowest BCUT2D eigenvalue weighted by molar-refractivity contribution is -0.384. The summed E-state index contributed by atoms with van der Waals surface area (Å²) in [5.41, 5.74) is -1.40. The van der Waals surface area contributed by atoms with Gasteiger partial charge in [0.15, 0.2) is 5.11 Å². The molecule has 0 radical (unpaired) electrons. The van der Waals surface area contributed by atoms with Crippen LogP contribution in [-0.4, -0.2) is 61.4 Å². The molecule has 1 fully saturated rings. The van der Waals surface area contributed by atoms with E-state index in [1.807, 2.05) is 4.90 Å². The molecule has 0 atom stereocenters. The number of nitrogens with zero attached hydrogens (tertiary/aromatic N) is 3. The maximum absolute atomic E-state index is 12.8. The first-order chi connectivity index (χ1) is 12.2. The minimum Gasteiger partial charge on any atom is -0.383 e. The zero-order chi connectivity index (χ0) is 19.3. The fourth-order valence-electron chi connectivity index (χ4n) is 2.64. The number of alkyl halides is 3. The lowest BCUT2D eigenvalue weighted by atomic mass is 10.1. The largest absolute Gasteiger partial charge is 0.416 e. The summed E-state index contributed by atoms with van der Waals surface area (Å²) in [5.74, 6) is 0. The van der Waals surface area contributed by atoms with Gasteiger partial charge in [-0.15, -0.1) is 0 Å². The summed E-state index contributed by atoms with van der Waals surface area (Å²) in [6, 6.07) is 2.61. The molecule has 0 aliphatic carbocycles. The normalized spacial score (nSPS) is 15.1. The van der Waals surface area contributed by atoms with Crippen LogP contribution in [0.2, 0.25) is 0 Å². The van der Waals surface area contributed by atoms with E-state index in [1.54, 1.807) is 12.0 Å². The summed E-state index contributed by atoms with van der Waals surface area (Å²) in [7, 11) is 1.58. The van der Waals surface area contributed by atoms with Gasteiger partial charge in [-0.05, 0) is 24.4 Å². The smallest absolute Gasteiger partial charge is 0.383 e. The van der Waals surface area contributed by atoms with Crippen molar-refractivity contribution in [1.82, 2.24) is 10.2 Å². The van der Waals surface area contributed by atoms with E-state index in [1.165, 1.54) is 0 Å². The molecule has 2 rings (SSSR count). The van der Waals surface area contributed by atoms with Gasteiger partial charge < -0.3 is 19.9 Å². The van der Waals surface area contributed by atoms with Crippen molar-refractivity contribution in [1.29, 1.82) is 0 Å². The molecule has 26 heavy (non-hydrogen) atoms. The first-order valence-electron chi connectivity index (χ1n) is 7.86. The third-order valence-electron chi connectivity index (χ3n) is 3.99. The Balaban J connectivity index is 2.07. The topological polar surface area (TPSA) is 70.9 Å². The van der Waals surface area contributed by atoms with Gasteiger partial charge in [-0.1, -0.05) is 0 Å². The predicted molar refractivity (Wildman–Crippen MR) is 94.4 cm³/mol. The predicted octanol–water partition coefficient (Wildman–Crippen LogP) is 2.26. The Bertz CT molecular complexity index is 664. The number of benzene rings is 1. The van der Waals surface area contributed by atoms with Crippen LogP contribution in [0.25, 0.3) is 0 Å². The highest BCUT2D eigenvalue weighted by Gasteiger charge is 2.34. The maximum atomic E-state index is 12.8. The van der Waals surface area contributed by atoms with Gasteiger partial charge in [-0.3, -0.25) is 10.1 Å². The Morgan fingerprint density at radius 3 is 2.54 bits per heavy atom. The van der Waals surface area contributed by atoms with E-state index in [0.717, 1.165) is 12.1 Å². The van der Waals surface area contributed by atoms with Crippen molar-refractivity contribution in [2.75, 3.05) is 51.3 Å². The lowest BCUT2D eigenvalue weighted by Gasteiger charge is -2.37. The van der Waals surface area contributed by atoms with Gasteiger partial charge in [0.1, 0.15) is 5.69 Å². The number of hydrogen-bond acceptors (Lipinski definition) is 5. The number of methoxy groups -OCH3 is 1. The summed E-state index contributed by atoms with van der Waals surface area (Å²) in [4.78, 5) is 14.1. The standard InChI is InChI=1S/C15H19F3N4O3S/c1-25-9-4-19-14(26)21-7-5-20(6-8-21)12-3-2-11(15(16,17)18)10-13(12)22(23)24/h2-3,10H,4-9H2,1H3,(H,19,26). The van der Waals surface area contributed by atoms with Crippen LogP contribution in [0.3, 0.4) is 0 Å². The van der Waals surface area contributed by atoms with Gasteiger partial charge in [-0.2, -0.15) is 13.2 Å². The number of piperazine rings is 1. The molecule has 0 bridgehead atoms. The van der Waals surface area contributed by atoms with E-state index in [-0.39, 0.29) is 5.69 Å². The SMILES string of the molecule is COCCNC(=S)N1CCN(c2ccc(C(F)(F)F)cc2[N+](=O)[O-])CC1. The molecule has 144 valence electrons. The molecule has 1 aliphatic heterocycles. The second-order valence-electron chi connectivity index (χ2n) is 5.66. The van der Waals surface area contributed by atoms with Crippen molar-refractivity contribution < 1.29 is 22.8 Å². The monoisotopic (exact) mass is 392 g/mol. The summed E-state index contributed by atoms with van der Waals surface area (Å²) < 4.78 is 43.3. The number of nitro groups is 1. The highest BCUT2D eigenvalue weighted by Crippen LogP contribution is 2.36. The van der Waals surface area contributed by atoms with Crippen LogP contribution in [0, 0.1) is 10.1 Å². The summed E-state index contributed by atoms with van der Waals surface area (Å²) >= 11 is 5.28. The number of anilines is 1. The average molecular weight is 392 g/mol. The number of thiocarbonyl (C=S) groups is 1. The first-order valence-corrected chi connectivity index (χ1v) is 8.27. The highest BCUT2D eigenvalue weighted by molar-refractivity contribution is 7.80. The lowest BCUT2D eigenvalue weighted by Crippen LogP contribution is -2.52. The fraction of sp³-hybridized carbons (Fsp3) is 0.533.